The molecule has 1 N–H and O–H groups in total. The zero-order valence-corrected chi connectivity index (χ0v) is 13.5. The molecule has 1 aliphatic rings. The summed E-state index contributed by atoms with van der Waals surface area (Å²) in [7, 11) is 1.33. The Labute approximate surface area is 133 Å². The molecule has 0 saturated heterocycles. The average molecular weight is 352 g/mol. The van der Waals surface area contributed by atoms with Gasteiger partial charge in [0, 0.05) is 21.7 Å². The van der Waals surface area contributed by atoms with Gasteiger partial charge in [-0.3, -0.25) is 4.79 Å². The summed E-state index contributed by atoms with van der Waals surface area (Å²) in [6.07, 6.45) is 4.15. The zero-order valence-electron chi connectivity index (χ0n) is 11.1. The third-order valence-corrected chi connectivity index (χ3v) is 4.83. The van der Waals surface area contributed by atoms with Gasteiger partial charge >= 0.3 is 0 Å². The Balaban J connectivity index is 2.01. The molecule has 21 heavy (non-hydrogen) atoms. The number of rotatable bonds is 5. The van der Waals surface area contributed by atoms with Crippen molar-refractivity contribution in [3.8, 4) is 5.75 Å². The number of halogens is 2. The van der Waals surface area contributed by atoms with Crippen LogP contribution in [0.3, 0.4) is 0 Å². The van der Waals surface area contributed by atoms with Crippen molar-refractivity contribution in [2.24, 2.45) is 0 Å². The molecule has 0 heterocycles. The monoisotopic (exact) mass is 351 g/mol. The van der Waals surface area contributed by atoms with Crippen molar-refractivity contribution in [3.05, 3.63) is 23.2 Å². The number of hydrogen-bond acceptors (Lipinski definition) is 4. The first-order valence-electron chi connectivity index (χ1n) is 6.52. The molecule has 0 atom stereocenters. The lowest BCUT2D eigenvalue weighted by atomic mass is 10.2. The molecule has 0 spiro atoms. The molecule has 0 unspecified atom stereocenters. The Bertz CT molecular complexity index is 627. The first kappa shape index (κ1) is 16.4. The van der Waals surface area contributed by atoms with Gasteiger partial charge in [0.05, 0.1) is 0 Å². The summed E-state index contributed by atoms with van der Waals surface area (Å²) in [4.78, 5) is 11.5. The lowest BCUT2D eigenvalue weighted by Crippen LogP contribution is -2.36. The molecule has 116 valence electrons. The topological polar surface area (TPSA) is 72.5 Å². The van der Waals surface area contributed by atoms with Gasteiger partial charge in [-0.15, -0.1) is 0 Å². The van der Waals surface area contributed by atoms with Gasteiger partial charge in [-0.05, 0) is 31.0 Å². The molecule has 1 amide bonds. The van der Waals surface area contributed by atoms with Crippen LogP contribution < -0.4 is 10.1 Å². The zero-order chi connectivity index (χ0) is 15.5. The standard InChI is InChI=1S/C13H15Cl2NO4S/c14-9-5-6-11(12(7-9)21(15,18)19)20-8-13(17)16-10-3-1-2-4-10/h5-7,10H,1-4,8H2,(H,16,17). The van der Waals surface area contributed by atoms with Crippen LogP contribution >= 0.6 is 22.3 Å². The molecule has 5 nitrogen and oxygen atoms in total. The molecular weight excluding hydrogens is 337 g/mol. The van der Waals surface area contributed by atoms with Gasteiger partial charge in [0.15, 0.2) is 6.61 Å². The van der Waals surface area contributed by atoms with Crippen LogP contribution in [0.15, 0.2) is 23.1 Å². The minimum Gasteiger partial charge on any atom is -0.482 e. The Kier molecular flexibility index (Phi) is 5.35. The summed E-state index contributed by atoms with van der Waals surface area (Å²) in [6, 6.07) is 4.22. The van der Waals surface area contributed by atoms with E-state index in [0.29, 0.717) is 0 Å². The quantitative estimate of drug-likeness (QED) is 0.827. The van der Waals surface area contributed by atoms with E-state index in [4.69, 9.17) is 27.0 Å². The molecule has 1 aliphatic carbocycles. The van der Waals surface area contributed by atoms with Crippen molar-refractivity contribution in [2.45, 2.75) is 36.6 Å². The van der Waals surface area contributed by atoms with Gasteiger partial charge in [-0.1, -0.05) is 24.4 Å². The highest BCUT2D eigenvalue weighted by molar-refractivity contribution is 8.13. The van der Waals surface area contributed by atoms with E-state index in [2.05, 4.69) is 5.32 Å². The molecule has 0 bridgehead atoms. The minimum atomic E-state index is -4.00. The third kappa shape index (κ3) is 4.76. The second kappa shape index (κ2) is 6.85. The Morgan fingerprint density at radius 2 is 2.00 bits per heavy atom. The fraction of sp³-hybridized carbons (Fsp3) is 0.462. The van der Waals surface area contributed by atoms with Crippen LogP contribution in [0.25, 0.3) is 0 Å². The Hall–Kier alpha value is -0.980. The van der Waals surface area contributed by atoms with Gasteiger partial charge in [-0.25, -0.2) is 8.42 Å². The lowest BCUT2D eigenvalue weighted by molar-refractivity contribution is -0.123. The molecule has 1 saturated carbocycles. The van der Waals surface area contributed by atoms with Crippen molar-refractivity contribution in [2.75, 3.05) is 6.61 Å². The van der Waals surface area contributed by atoms with E-state index in [0.717, 1.165) is 25.7 Å². The Morgan fingerprint density at radius 1 is 1.33 bits per heavy atom. The third-order valence-electron chi connectivity index (χ3n) is 3.25. The summed E-state index contributed by atoms with van der Waals surface area (Å²) in [5.74, 6) is -0.272. The van der Waals surface area contributed by atoms with Gasteiger partial charge in [-0.2, -0.15) is 0 Å². The van der Waals surface area contributed by atoms with Crippen molar-refractivity contribution in [1.29, 1.82) is 0 Å². The van der Waals surface area contributed by atoms with Gasteiger partial charge < -0.3 is 10.1 Å². The number of carbonyl (C=O) groups excluding carboxylic acids is 1. The predicted octanol–water partition coefficient (Wildman–Crippen LogP) is 2.71. The molecule has 0 aromatic heterocycles. The van der Waals surface area contributed by atoms with E-state index in [1.807, 2.05) is 0 Å². The average Bonchev–Trinajstić information content (AvgIpc) is 2.89. The molecule has 2 rings (SSSR count). The van der Waals surface area contributed by atoms with Crippen LogP contribution in [0.1, 0.15) is 25.7 Å². The summed E-state index contributed by atoms with van der Waals surface area (Å²) < 4.78 is 28.2. The second-order valence-corrected chi connectivity index (χ2v) is 7.84. The molecule has 1 aromatic carbocycles. The fourth-order valence-electron chi connectivity index (χ4n) is 2.27. The van der Waals surface area contributed by atoms with Crippen LogP contribution in [0.4, 0.5) is 0 Å². The first-order chi connectivity index (χ1) is 9.86. The van der Waals surface area contributed by atoms with Gasteiger partial charge in [0.2, 0.25) is 0 Å². The second-order valence-electron chi connectivity index (χ2n) is 4.87. The first-order valence-corrected chi connectivity index (χ1v) is 9.21. The van der Waals surface area contributed by atoms with Crippen LogP contribution in [0, 0.1) is 0 Å². The molecule has 0 aliphatic heterocycles. The Morgan fingerprint density at radius 3 is 2.62 bits per heavy atom. The van der Waals surface area contributed by atoms with Crippen molar-refractivity contribution in [1.82, 2.24) is 5.32 Å². The lowest BCUT2D eigenvalue weighted by Gasteiger charge is -2.13. The van der Waals surface area contributed by atoms with Crippen molar-refractivity contribution >= 4 is 37.2 Å². The van der Waals surface area contributed by atoms with E-state index < -0.39 is 9.05 Å². The number of nitrogens with one attached hydrogen (secondary N) is 1. The van der Waals surface area contributed by atoms with Crippen LogP contribution in [-0.4, -0.2) is 27.0 Å². The highest BCUT2D eigenvalue weighted by Crippen LogP contribution is 2.29. The molecule has 0 radical (unpaired) electrons. The van der Waals surface area contributed by atoms with Crippen molar-refractivity contribution in [3.63, 3.8) is 0 Å². The number of hydrogen-bond donors (Lipinski definition) is 1. The number of amides is 1. The highest BCUT2D eigenvalue weighted by atomic mass is 35.7. The van der Waals surface area contributed by atoms with E-state index in [9.17, 15) is 13.2 Å². The summed E-state index contributed by atoms with van der Waals surface area (Å²) in [6.45, 7) is -0.266. The van der Waals surface area contributed by atoms with E-state index in [1.54, 1.807) is 0 Å². The van der Waals surface area contributed by atoms with Crippen molar-refractivity contribution < 1.29 is 17.9 Å². The largest absolute Gasteiger partial charge is 0.482 e. The highest BCUT2D eigenvalue weighted by Gasteiger charge is 2.20. The predicted molar refractivity (Wildman–Crippen MR) is 80.4 cm³/mol. The molecule has 1 aromatic rings. The molecular formula is C13H15Cl2NO4S. The fourth-order valence-corrected chi connectivity index (χ4v) is 3.51. The normalized spacial score (nSPS) is 15.9. The minimum absolute atomic E-state index is 0.0102. The summed E-state index contributed by atoms with van der Waals surface area (Å²) >= 11 is 5.74. The smallest absolute Gasteiger partial charge is 0.265 e. The van der Waals surface area contributed by atoms with Gasteiger partial charge in [0.1, 0.15) is 10.6 Å². The van der Waals surface area contributed by atoms with E-state index >= 15 is 0 Å². The maximum atomic E-state index is 11.8. The molecule has 1 fully saturated rings. The van der Waals surface area contributed by atoms with Crippen LogP contribution in [-0.2, 0) is 13.8 Å². The van der Waals surface area contributed by atoms with E-state index in [1.165, 1.54) is 18.2 Å². The SMILES string of the molecule is O=C(COc1ccc(Cl)cc1S(=O)(=O)Cl)NC1CCCC1. The van der Waals surface area contributed by atoms with Crippen LogP contribution in [0.5, 0.6) is 5.75 Å². The molecule has 8 heteroatoms. The van der Waals surface area contributed by atoms with E-state index in [-0.39, 0.29) is 34.2 Å². The summed E-state index contributed by atoms with van der Waals surface area (Å²) in [5, 5.41) is 3.07. The number of benzene rings is 1. The number of carbonyl (C=O) groups is 1. The maximum absolute atomic E-state index is 11.8. The number of ether oxygens (including phenoxy) is 1. The summed E-state index contributed by atoms with van der Waals surface area (Å²) in [5.41, 5.74) is 0. The van der Waals surface area contributed by atoms with Gasteiger partial charge in [0.25, 0.3) is 15.0 Å². The maximum Gasteiger partial charge on any atom is 0.265 e. The van der Waals surface area contributed by atoms with Crippen LogP contribution in [0.2, 0.25) is 5.02 Å².